The Bertz CT molecular complexity index is 758. The Labute approximate surface area is 115 Å². The third-order valence-corrected chi connectivity index (χ3v) is 3.02. The van der Waals surface area contributed by atoms with Crippen LogP contribution in [-0.2, 0) is 0 Å². The van der Waals surface area contributed by atoms with Crippen molar-refractivity contribution in [3.05, 3.63) is 60.6 Å². The predicted octanol–water partition coefficient (Wildman–Crippen LogP) is 2.30. The lowest BCUT2D eigenvalue weighted by Gasteiger charge is -2.17. The lowest BCUT2D eigenvalue weighted by molar-refractivity contribution is 0.0993. The number of carbonyl (C=O) groups is 1. The summed E-state index contributed by atoms with van der Waals surface area (Å²) in [5.74, 6) is -0.128. The van der Waals surface area contributed by atoms with Gasteiger partial charge in [0.05, 0.1) is 5.56 Å². The number of nitrogens with zero attached hydrogens (tertiary/aromatic N) is 4. The average Bonchev–Trinajstić information content (AvgIpc) is 2.54. The molecule has 1 aromatic carbocycles. The number of hydrogen-bond acceptors (Lipinski definition) is 4. The molecule has 0 saturated carbocycles. The van der Waals surface area contributed by atoms with E-state index in [2.05, 4.69) is 15.0 Å². The number of amides is 1. The van der Waals surface area contributed by atoms with Crippen LogP contribution >= 0.6 is 0 Å². The monoisotopic (exact) mass is 264 g/mol. The number of benzene rings is 1. The zero-order chi connectivity index (χ0) is 13.9. The van der Waals surface area contributed by atoms with Gasteiger partial charge in [-0.3, -0.25) is 9.78 Å². The zero-order valence-corrected chi connectivity index (χ0v) is 10.9. The Hall–Kier alpha value is -2.82. The number of carbonyl (C=O) groups excluding carboxylic acids is 1. The Morgan fingerprint density at radius 1 is 1.05 bits per heavy atom. The van der Waals surface area contributed by atoms with Gasteiger partial charge in [0.25, 0.3) is 5.91 Å². The van der Waals surface area contributed by atoms with Crippen molar-refractivity contribution in [2.75, 3.05) is 11.9 Å². The summed E-state index contributed by atoms with van der Waals surface area (Å²) in [7, 11) is 1.73. The molecule has 1 amide bonds. The van der Waals surface area contributed by atoms with Gasteiger partial charge >= 0.3 is 0 Å². The van der Waals surface area contributed by atoms with E-state index in [9.17, 15) is 4.79 Å². The molecule has 5 heteroatoms. The normalized spacial score (nSPS) is 10.4. The quantitative estimate of drug-likeness (QED) is 0.712. The molecule has 0 aliphatic heterocycles. The van der Waals surface area contributed by atoms with Crippen molar-refractivity contribution in [3.63, 3.8) is 0 Å². The Morgan fingerprint density at radius 2 is 1.80 bits per heavy atom. The molecule has 0 aliphatic rings. The summed E-state index contributed by atoms with van der Waals surface area (Å²) in [6, 6.07) is 11.2. The van der Waals surface area contributed by atoms with Gasteiger partial charge in [0, 0.05) is 31.3 Å². The zero-order valence-electron chi connectivity index (χ0n) is 10.9. The molecule has 0 aliphatic carbocycles. The number of anilines is 1. The molecule has 3 aromatic rings. The summed E-state index contributed by atoms with van der Waals surface area (Å²) >= 11 is 0. The van der Waals surface area contributed by atoms with Crippen molar-refractivity contribution in [2.45, 2.75) is 0 Å². The highest BCUT2D eigenvalue weighted by Crippen LogP contribution is 2.16. The largest absolute Gasteiger partial charge is 0.311 e. The molecule has 20 heavy (non-hydrogen) atoms. The van der Waals surface area contributed by atoms with Gasteiger partial charge in [-0.25, -0.2) is 9.97 Å². The number of aromatic nitrogens is 3. The second kappa shape index (κ2) is 5.05. The molecule has 0 radical (unpaired) electrons. The fourth-order valence-corrected chi connectivity index (χ4v) is 1.94. The standard InChI is InChI=1S/C15H12N4O/c1-19(12-5-3-2-4-6-12)15(20)11-9-13-14(18-10-11)17-8-7-16-13/h2-10H,1H3. The molecule has 0 spiro atoms. The third-order valence-electron chi connectivity index (χ3n) is 3.02. The van der Waals surface area contributed by atoms with Gasteiger partial charge in [-0.15, -0.1) is 0 Å². The molecule has 3 rings (SSSR count). The van der Waals surface area contributed by atoms with Gasteiger partial charge in [0.2, 0.25) is 0 Å². The Morgan fingerprint density at radius 3 is 2.60 bits per heavy atom. The smallest absolute Gasteiger partial charge is 0.259 e. The molecular formula is C15H12N4O. The molecular weight excluding hydrogens is 252 g/mol. The SMILES string of the molecule is CN(C(=O)c1cnc2nccnc2c1)c1ccccc1. The first-order valence-electron chi connectivity index (χ1n) is 6.15. The highest BCUT2D eigenvalue weighted by Gasteiger charge is 2.14. The first-order valence-corrected chi connectivity index (χ1v) is 6.15. The minimum absolute atomic E-state index is 0.128. The minimum atomic E-state index is -0.128. The van der Waals surface area contributed by atoms with E-state index in [1.165, 1.54) is 6.20 Å². The fraction of sp³-hybridized carbons (Fsp3) is 0.0667. The lowest BCUT2D eigenvalue weighted by Crippen LogP contribution is -2.26. The number of para-hydroxylation sites is 1. The molecule has 98 valence electrons. The van der Waals surface area contributed by atoms with Crippen molar-refractivity contribution >= 4 is 22.8 Å². The molecule has 0 unspecified atom stereocenters. The van der Waals surface area contributed by atoms with Crippen LogP contribution in [-0.4, -0.2) is 27.9 Å². The van der Waals surface area contributed by atoms with Crippen LogP contribution in [0.1, 0.15) is 10.4 Å². The van der Waals surface area contributed by atoms with Crippen molar-refractivity contribution in [2.24, 2.45) is 0 Å². The number of pyridine rings is 1. The maximum atomic E-state index is 12.4. The van der Waals surface area contributed by atoms with E-state index in [1.807, 2.05) is 30.3 Å². The van der Waals surface area contributed by atoms with Crippen LogP contribution in [0.15, 0.2) is 55.0 Å². The van der Waals surface area contributed by atoms with Crippen molar-refractivity contribution in [1.82, 2.24) is 15.0 Å². The molecule has 2 aromatic heterocycles. The van der Waals surface area contributed by atoms with Crippen LogP contribution in [0.4, 0.5) is 5.69 Å². The summed E-state index contributed by atoms with van der Waals surface area (Å²) in [4.78, 5) is 26.4. The maximum absolute atomic E-state index is 12.4. The van der Waals surface area contributed by atoms with E-state index < -0.39 is 0 Å². The first-order chi connectivity index (χ1) is 9.75. The summed E-state index contributed by atoms with van der Waals surface area (Å²) in [5.41, 5.74) is 2.47. The van der Waals surface area contributed by atoms with Crippen LogP contribution in [0.25, 0.3) is 11.2 Å². The van der Waals surface area contributed by atoms with Crippen molar-refractivity contribution in [3.8, 4) is 0 Å². The maximum Gasteiger partial charge on any atom is 0.259 e. The Kier molecular flexibility index (Phi) is 3.09. The number of fused-ring (bicyclic) bond motifs is 1. The average molecular weight is 264 g/mol. The topological polar surface area (TPSA) is 59.0 Å². The van der Waals surface area contributed by atoms with Crippen LogP contribution < -0.4 is 4.90 Å². The van der Waals surface area contributed by atoms with Gasteiger partial charge in [-0.1, -0.05) is 18.2 Å². The van der Waals surface area contributed by atoms with E-state index in [0.717, 1.165) is 5.69 Å². The van der Waals surface area contributed by atoms with Crippen LogP contribution in [0, 0.1) is 0 Å². The van der Waals surface area contributed by atoms with Gasteiger partial charge in [0.1, 0.15) is 5.52 Å². The second-order valence-corrected chi connectivity index (χ2v) is 4.32. The van der Waals surface area contributed by atoms with Crippen LogP contribution in [0.2, 0.25) is 0 Å². The van der Waals surface area contributed by atoms with E-state index in [1.54, 1.807) is 30.4 Å². The molecule has 0 bridgehead atoms. The summed E-state index contributed by atoms with van der Waals surface area (Å²) in [5, 5.41) is 0. The van der Waals surface area contributed by atoms with E-state index in [-0.39, 0.29) is 5.91 Å². The molecule has 2 heterocycles. The molecule has 5 nitrogen and oxygen atoms in total. The van der Waals surface area contributed by atoms with Gasteiger partial charge in [-0.05, 0) is 18.2 Å². The van der Waals surface area contributed by atoms with Gasteiger partial charge in [0.15, 0.2) is 5.65 Å². The summed E-state index contributed by atoms with van der Waals surface area (Å²) < 4.78 is 0. The molecule has 0 fully saturated rings. The number of hydrogen-bond donors (Lipinski definition) is 0. The van der Waals surface area contributed by atoms with E-state index >= 15 is 0 Å². The molecule has 0 atom stereocenters. The highest BCUT2D eigenvalue weighted by atomic mass is 16.2. The third kappa shape index (κ3) is 2.21. The summed E-state index contributed by atoms with van der Waals surface area (Å²) in [6.45, 7) is 0. The molecule has 0 saturated heterocycles. The van der Waals surface area contributed by atoms with Crippen molar-refractivity contribution < 1.29 is 4.79 Å². The van der Waals surface area contributed by atoms with Crippen molar-refractivity contribution in [1.29, 1.82) is 0 Å². The van der Waals surface area contributed by atoms with Gasteiger partial charge < -0.3 is 4.90 Å². The van der Waals surface area contributed by atoms with E-state index in [4.69, 9.17) is 0 Å². The van der Waals surface area contributed by atoms with Gasteiger partial charge in [-0.2, -0.15) is 0 Å². The second-order valence-electron chi connectivity index (χ2n) is 4.32. The van der Waals surface area contributed by atoms with E-state index in [0.29, 0.717) is 16.7 Å². The fourth-order valence-electron chi connectivity index (χ4n) is 1.94. The first kappa shape index (κ1) is 12.2. The Balaban J connectivity index is 1.96. The number of rotatable bonds is 2. The van der Waals surface area contributed by atoms with Crippen LogP contribution in [0.5, 0.6) is 0 Å². The summed E-state index contributed by atoms with van der Waals surface area (Å²) in [6.07, 6.45) is 4.69. The predicted molar refractivity (Wildman–Crippen MR) is 76.5 cm³/mol. The minimum Gasteiger partial charge on any atom is -0.311 e. The lowest BCUT2D eigenvalue weighted by atomic mass is 10.2. The molecule has 0 N–H and O–H groups in total. The highest BCUT2D eigenvalue weighted by molar-refractivity contribution is 6.06. The van der Waals surface area contributed by atoms with Crippen LogP contribution in [0.3, 0.4) is 0 Å².